The van der Waals surface area contributed by atoms with Gasteiger partial charge in [0.15, 0.2) is 6.61 Å². The van der Waals surface area contributed by atoms with Crippen LogP contribution in [0.2, 0.25) is 5.02 Å². The SMILES string of the molecule is O=C1COc2ccc(Br)cc2CN1Cc1cccc(Cl)c1. The topological polar surface area (TPSA) is 29.5 Å². The van der Waals surface area contributed by atoms with Gasteiger partial charge in [-0.05, 0) is 35.9 Å². The van der Waals surface area contributed by atoms with Crippen LogP contribution in [-0.2, 0) is 17.9 Å². The highest BCUT2D eigenvalue weighted by Crippen LogP contribution is 2.27. The van der Waals surface area contributed by atoms with E-state index in [-0.39, 0.29) is 12.5 Å². The lowest BCUT2D eigenvalue weighted by atomic mass is 10.1. The molecule has 0 aromatic heterocycles. The normalized spacial score (nSPS) is 14.4. The highest BCUT2D eigenvalue weighted by Gasteiger charge is 2.21. The Bertz CT molecular complexity index is 690. The third-order valence-corrected chi connectivity index (χ3v) is 4.08. The number of carbonyl (C=O) groups excluding carboxylic acids is 1. The van der Waals surface area contributed by atoms with E-state index in [0.717, 1.165) is 21.3 Å². The smallest absolute Gasteiger partial charge is 0.261 e. The molecular weight excluding hydrogens is 354 g/mol. The number of carbonyl (C=O) groups is 1. The van der Waals surface area contributed by atoms with Gasteiger partial charge in [-0.1, -0.05) is 39.7 Å². The number of hydrogen-bond acceptors (Lipinski definition) is 2. The first-order valence-corrected chi connectivity index (χ1v) is 7.72. The number of benzene rings is 2. The van der Waals surface area contributed by atoms with Crippen LogP contribution < -0.4 is 4.74 Å². The van der Waals surface area contributed by atoms with Gasteiger partial charge >= 0.3 is 0 Å². The molecule has 1 aliphatic rings. The number of ether oxygens (including phenoxy) is 1. The van der Waals surface area contributed by atoms with E-state index in [0.29, 0.717) is 18.1 Å². The number of amides is 1. The highest BCUT2D eigenvalue weighted by molar-refractivity contribution is 9.10. The fourth-order valence-electron chi connectivity index (χ4n) is 2.34. The van der Waals surface area contributed by atoms with Crippen LogP contribution in [0.15, 0.2) is 46.9 Å². The van der Waals surface area contributed by atoms with Gasteiger partial charge < -0.3 is 9.64 Å². The lowest BCUT2D eigenvalue weighted by Crippen LogP contribution is -2.31. The Morgan fingerprint density at radius 1 is 1.24 bits per heavy atom. The first kappa shape index (κ1) is 14.4. The van der Waals surface area contributed by atoms with E-state index in [1.165, 1.54) is 0 Å². The second-order valence-corrected chi connectivity index (χ2v) is 6.27. The van der Waals surface area contributed by atoms with E-state index >= 15 is 0 Å². The van der Waals surface area contributed by atoms with E-state index in [1.807, 2.05) is 42.5 Å². The minimum Gasteiger partial charge on any atom is -0.483 e. The molecule has 0 unspecified atom stereocenters. The number of fused-ring (bicyclic) bond motifs is 1. The fourth-order valence-corrected chi connectivity index (χ4v) is 2.96. The molecule has 0 spiro atoms. The van der Waals surface area contributed by atoms with Crippen molar-refractivity contribution in [3.05, 3.63) is 63.1 Å². The monoisotopic (exact) mass is 365 g/mol. The molecule has 0 saturated heterocycles. The van der Waals surface area contributed by atoms with Crippen molar-refractivity contribution < 1.29 is 9.53 Å². The van der Waals surface area contributed by atoms with Crippen molar-refractivity contribution >= 4 is 33.4 Å². The second kappa shape index (κ2) is 6.08. The third-order valence-electron chi connectivity index (χ3n) is 3.35. The van der Waals surface area contributed by atoms with Crippen molar-refractivity contribution in [1.29, 1.82) is 0 Å². The summed E-state index contributed by atoms with van der Waals surface area (Å²) >= 11 is 9.45. The molecule has 0 saturated carbocycles. The summed E-state index contributed by atoms with van der Waals surface area (Å²) in [6.07, 6.45) is 0. The Labute approximate surface area is 136 Å². The molecule has 108 valence electrons. The molecule has 1 amide bonds. The lowest BCUT2D eigenvalue weighted by molar-refractivity contribution is -0.133. The standard InChI is InChI=1S/C16H13BrClNO2/c17-13-4-5-15-12(7-13)9-19(16(20)10-21-15)8-11-2-1-3-14(18)6-11/h1-7H,8-10H2. The van der Waals surface area contributed by atoms with Gasteiger partial charge in [-0.3, -0.25) is 4.79 Å². The summed E-state index contributed by atoms with van der Waals surface area (Å²) in [4.78, 5) is 14.0. The van der Waals surface area contributed by atoms with Crippen LogP contribution in [0.5, 0.6) is 5.75 Å². The summed E-state index contributed by atoms with van der Waals surface area (Å²) in [5.41, 5.74) is 2.01. The largest absolute Gasteiger partial charge is 0.483 e. The molecule has 1 heterocycles. The molecule has 0 bridgehead atoms. The van der Waals surface area contributed by atoms with Crippen molar-refractivity contribution in [3.8, 4) is 5.75 Å². The van der Waals surface area contributed by atoms with Gasteiger partial charge in [-0.2, -0.15) is 0 Å². The molecule has 2 aromatic rings. The van der Waals surface area contributed by atoms with Crippen LogP contribution >= 0.6 is 27.5 Å². The van der Waals surface area contributed by atoms with E-state index in [4.69, 9.17) is 16.3 Å². The zero-order chi connectivity index (χ0) is 14.8. The molecular formula is C16H13BrClNO2. The summed E-state index contributed by atoms with van der Waals surface area (Å²) in [7, 11) is 0. The minimum atomic E-state index is -0.0257. The maximum absolute atomic E-state index is 12.2. The fraction of sp³-hybridized carbons (Fsp3) is 0.188. The van der Waals surface area contributed by atoms with Gasteiger partial charge in [0.05, 0.1) is 0 Å². The molecule has 2 aromatic carbocycles. The van der Waals surface area contributed by atoms with Gasteiger partial charge in [-0.25, -0.2) is 0 Å². The van der Waals surface area contributed by atoms with E-state index in [2.05, 4.69) is 15.9 Å². The Morgan fingerprint density at radius 2 is 2.10 bits per heavy atom. The number of nitrogens with zero attached hydrogens (tertiary/aromatic N) is 1. The van der Waals surface area contributed by atoms with Gasteiger partial charge in [0.25, 0.3) is 5.91 Å². The molecule has 1 aliphatic heterocycles. The maximum atomic E-state index is 12.2. The van der Waals surface area contributed by atoms with Crippen molar-refractivity contribution in [2.45, 2.75) is 13.1 Å². The third kappa shape index (κ3) is 3.39. The predicted molar refractivity (Wildman–Crippen MR) is 85.3 cm³/mol. The van der Waals surface area contributed by atoms with E-state index in [9.17, 15) is 4.79 Å². The Kier molecular flexibility index (Phi) is 4.17. The summed E-state index contributed by atoms with van der Waals surface area (Å²) in [6, 6.07) is 13.3. The molecule has 0 fully saturated rings. The summed E-state index contributed by atoms with van der Waals surface area (Å²) < 4.78 is 6.54. The number of hydrogen-bond donors (Lipinski definition) is 0. The van der Waals surface area contributed by atoms with Crippen LogP contribution in [0.4, 0.5) is 0 Å². The molecule has 0 radical (unpaired) electrons. The Morgan fingerprint density at radius 3 is 2.90 bits per heavy atom. The second-order valence-electron chi connectivity index (χ2n) is 4.92. The molecule has 0 N–H and O–H groups in total. The maximum Gasteiger partial charge on any atom is 0.261 e. The van der Waals surface area contributed by atoms with Crippen LogP contribution in [0, 0.1) is 0 Å². The van der Waals surface area contributed by atoms with Crippen LogP contribution in [0.1, 0.15) is 11.1 Å². The zero-order valence-corrected chi connectivity index (χ0v) is 13.5. The molecule has 0 aliphatic carbocycles. The molecule has 5 heteroatoms. The first-order chi connectivity index (χ1) is 10.1. The Balaban J connectivity index is 1.86. The van der Waals surface area contributed by atoms with Crippen molar-refractivity contribution in [2.75, 3.05) is 6.61 Å². The van der Waals surface area contributed by atoms with Gasteiger partial charge in [-0.15, -0.1) is 0 Å². The molecule has 3 rings (SSSR count). The summed E-state index contributed by atoms with van der Waals surface area (Å²) in [5.74, 6) is 0.738. The van der Waals surface area contributed by atoms with Crippen molar-refractivity contribution in [3.63, 3.8) is 0 Å². The molecule has 0 atom stereocenters. The zero-order valence-electron chi connectivity index (χ0n) is 11.2. The van der Waals surface area contributed by atoms with Gasteiger partial charge in [0.1, 0.15) is 5.75 Å². The van der Waals surface area contributed by atoms with Crippen LogP contribution in [-0.4, -0.2) is 17.4 Å². The Hall–Kier alpha value is -1.52. The molecule has 3 nitrogen and oxygen atoms in total. The quantitative estimate of drug-likeness (QED) is 0.803. The average molecular weight is 367 g/mol. The highest BCUT2D eigenvalue weighted by atomic mass is 79.9. The minimum absolute atomic E-state index is 0.0257. The predicted octanol–water partition coefficient (Wildman–Crippen LogP) is 4.02. The average Bonchev–Trinajstić information content (AvgIpc) is 2.59. The van der Waals surface area contributed by atoms with E-state index in [1.54, 1.807) is 4.90 Å². The number of rotatable bonds is 2. The lowest BCUT2D eigenvalue weighted by Gasteiger charge is -2.20. The van der Waals surface area contributed by atoms with Crippen LogP contribution in [0.3, 0.4) is 0 Å². The molecule has 21 heavy (non-hydrogen) atoms. The first-order valence-electron chi connectivity index (χ1n) is 6.55. The van der Waals surface area contributed by atoms with Crippen molar-refractivity contribution in [1.82, 2.24) is 4.90 Å². The summed E-state index contributed by atoms with van der Waals surface area (Å²) in [6.45, 7) is 1.12. The van der Waals surface area contributed by atoms with Gasteiger partial charge in [0.2, 0.25) is 0 Å². The summed E-state index contributed by atoms with van der Waals surface area (Å²) in [5, 5.41) is 0.675. The van der Waals surface area contributed by atoms with Crippen LogP contribution in [0.25, 0.3) is 0 Å². The van der Waals surface area contributed by atoms with Gasteiger partial charge in [0, 0.05) is 28.1 Å². The van der Waals surface area contributed by atoms with E-state index < -0.39 is 0 Å². The number of halogens is 2. The van der Waals surface area contributed by atoms with Crippen molar-refractivity contribution in [2.24, 2.45) is 0 Å².